The van der Waals surface area contributed by atoms with Gasteiger partial charge in [-0.2, -0.15) is 0 Å². The van der Waals surface area contributed by atoms with Crippen molar-refractivity contribution < 1.29 is 39.3 Å². The summed E-state index contributed by atoms with van der Waals surface area (Å²) in [5, 5.41) is 32.2. The van der Waals surface area contributed by atoms with E-state index in [4.69, 9.17) is 10.8 Å². The SMILES string of the molecule is CC(C)C(NC(=O)C1CCCN1C(=O)C(N)Cc1ccc(O)cc1)C(=O)NC(CC(=O)O)C(=O)O. The minimum atomic E-state index is -1.65. The number of rotatable bonds is 11. The molecule has 4 unspecified atom stereocenters. The van der Waals surface area contributed by atoms with Crippen LogP contribution in [0, 0.1) is 5.92 Å². The Morgan fingerprint density at radius 3 is 2.26 bits per heavy atom. The summed E-state index contributed by atoms with van der Waals surface area (Å²) in [7, 11) is 0. The molecular formula is C23H32N4O8. The van der Waals surface area contributed by atoms with Gasteiger partial charge in [-0.15, -0.1) is 0 Å². The Morgan fingerprint density at radius 1 is 1.09 bits per heavy atom. The van der Waals surface area contributed by atoms with E-state index in [1.807, 2.05) is 0 Å². The molecule has 0 spiro atoms. The van der Waals surface area contributed by atoms with Gasteiger partial charge in [0.15, 0.2) is 0 Å². The number of hydrogen-bond acceptors (Lipinski definition) is 7. The smallest absolute Gasteiger partial charge is 0.326 e. The van der Waals surface area contributed by atoms with Crippen LogP contribution in [0.5, 0.6) is 5.75 Å². The van der Waals surface area contributed by atoms with Gasteiger partial charge in [0.05, 0.1) is 12.5 Å². The molecule has 1 aromatic rings. The maximum atomic E-state index is 13.0. The third-order valence-electron chi connectivity index (χ3n) is 5.79. The average Bonchev–Trinajstić information content (AvgIpc) is 3.27. The first kappa shape index (κ1) is 27.6. The van der Waals surface area contributed by atoms with E-state index in [2.05, 4.69) is 10.6 Å². The van der Waals surface area contributed by atoms with E-state index in [0.717, 1.165) is 5.56 Å². The van der Waals surface area contributed by atoms with Crippen molar-refractivity contribution in [2.45, 2.75) is 63.7 Å². The van der Waals surface area contributed by atoms with Crippen LogP contribution in [0.3, 0.4) is 0 Å². The van der Waals surface area contributed by atoms with E-state index in [0.29, 0.717) is 19.4 Å². The van der Waals surface area contributed by atoms with Crippen molar-refractivity contribution in [2.24, 2.45) is 11.7 Å². The highest BCUT2D eigenvalue weighted by Crippen LogP contribution is 2.20. The van der Waals surface area contributed by atoms with E-state index < -0.39 is 66.2 Å². The lowest BCUT2D eigenvalue weighted by Gasteiger charge is -2.29. The Balaban J connectivity index is 2.06. The lowest BCUT2D eigenvalue weighted by molar-refractivity contribution is -0.147. The summed E-state index contributed by atoms with van der Waals surface area (Å²) in [6, 6.07) is 1.72. The van der Waals surface area contributed by atoms with Crippen LogP contribution < -0.4 is 16.4 Å². The van der Waals surface area contributed by atoms with Crippen LogP contribution in [0.2, 0.25) is 0 Å². The van der Waals surface area contributed by atoms with E-state index in [9.17, 15) is 34.2 Å². The molecule has 1 heterocycles. The van der Waals surface area contributed by atoms with Crippen molar-refractivity contribution >= 4 is 29.7 Å². The van der Waals surface area contributed by atoms with Crippen LogP contribution in [0.15, 0.2) is 24.3 Å². The monoisotopic (exact) mass is 492 g/mol. The second-order valence-electron chi connectivity index (χ2n) is 8.89. The zero-order chi connectivity index (χ0) is 26.3. The minimum absolute atomic E-state index is 0.0892. The highest BCUT2D eigenvalue weighted by molar-refractivity contribution is 5.95. The normalized spacial score (nSPS) is 17.9. The third kappa shape index (κ3) is 7.67. The van der Waals surface area contributed by atoms with Crippen molar-refractivity contribution in [3.8, 4) is 5.75 Å². The van der Waals surface area contributed by atoms with Gasteiger partial charge in [-0.05, 0) is 42.9 Å². The molecule has 3 amide bonds. The summed E-state index contributed by atoms with van der Waals surface area (Å²) in [5.41, 5.74) is 6.84. The van der Waals surface area contributed by atoms with Crippen molar-refractivity contribution in [2.75, 3.05) is 6.54 Å². The molecule has 0 bridgehead atoms. The van der Waals surface area contributed by atoms with Crippen molar-refractivity contribution in [1.29, 1.82) is 0 Å². The van der Waals surface area contributed by atoms with Crippen LogP contribution in [0.25, 0.3) is 0 Å². The van der Waals surface area contributed by atoms with Crippen LogP contribution in [-0.2, 0) is 30.4 Å². The van der Waals surface area contributed by atoms with Crippen LogP contribution in [0.1, 0.15) is 38.7 Å². The van der Waals surface area contributed by atoms with Crippen molar-refractivity contribution in [3.05, 3.63) is 29.8 Å². The number of carbonyl (C=O) groups is 5. The van der Waals surface area contributed by atoms with E-state index in [-0.39, 0.29) is 12.2 Å². The quantitative estimate of drug-likeness (QED) is 0.234. The summed E-state index contributed by atoms with van der Waals surface area (Å²) in [4.78, 5) is 62.3. The predicted octanol–water partition coefficient (Wildman–Crippen LogP) is -0.562. The molecule has 192 valence electrons. The maximum Gasteiger partial charge on any atom is 0.326 e. The fourth-order valence-electron chi connectivity index (χ4n) is 3.91. The number of nitrogens with zero attached hydrogens (tertiary/aromatic N) is 1. The number of aliphatic carboxylic acids is 2. The van der Waals surface area contributed by atoms with Gasteiger partial charge >= 0.3 is 11.9 Å². The van der Waals surface area contributed by atoms with Crippen LogP contribution in [0.4, 0.5) is 0 Å². The van der Waals surface area contributed by atoms with Crippen LogP contribution >= 0.6 is 0 Å². The van der Waals surface area contributed by atoms with E-state index in [1.54, 1.807) is 26.0 Å². The largest absolute Gasteiger partial charge is 0.508 e. The van der Waals surface area contributed by atoms with Gasteiger partial charge in [0.1, 0.15) is 23.9 Å². The standard InChI is InChI=1S/C23H32N4O8/c1-12(2)19(21(32)25-16(23(34)35)11-18(29)30)26-20(31)17-4-3-9-27(17)22(33)15(24)10-13-5-7-14(28)8-6-13/h5-8,12,15-17,19,28H,3-4,9-11,24H2,1-2H3,(H,25,32)(H,26,31)(H,29,30)(H,34,35). The highest BCUT2D eigenvalue weighted by Gasteiger charge is 2.38. The number of aromatic hydroxyl groups is 1. The van der Waals surface area contributed by atoms with E-state index >= 15 is 0 Å². The number of carboxylic acids is 2. The summed E-state index contributed by atoms with van der Waals surface area (Å²) in [6.07, 6.45) is 0.325. The summed E-state index contributed by atoms with van der Waals surface area (Å²) >= 11 is 0. The lowest BCUT2D eigenvalue weighted by Crippen LogP contribution is -2.58. The Labute approximate surface area is 202 Å². The first-order valence-corrected chi connectivity index (χ1v) is 11.3. The Hall–Kier alpha value is -3.67. The molecule has 12 nitrogen and oxygen atoms in total. The average molecular weight is 493 g/mol. The molecule has 1 aliphatic rings. The fraction of sp³-hybridized carbons (Fsp3) is 0.522. The molecule has 1 saturated heterocycles. The molecule has 7 N–H and O–H groups in total. The molecule has 1 aliphatic heterocycles. The Kier molecular flexibility index (Phi) is 9.58. The second kappa shape index (κ2) is 12.2. The van der Waals surface area contributed by atoms with Gasteiger partial charge in [-0.25, -0.2) is 4.79 Å². The summed E-state index contributed by atoms with van der Waals surface area (Å²) < 4.78 is 0. The number of phenols is 1. The maximum absolute atomic E-state index is 13.0. The Bertz CT molecular complexity index is 949. The molecule has 1 aromatic carbocycles. The minimum Gasteiger partial charge on any atom is -0.508 e. The summed E-state index contributed by atoms with van der Waals surface area (Å²) in [6.45, 7) is 3.60. The summed E-state index contributed by atoms with van der Waals surface area (Å²) in [5.74, 6) is -5.09. The van der Waals surface area contributed by atoms with Crippen molar-refractivity contribution in [3.63, 3.8) is 0 Å². The van der Waals surface area contributed by atoms with Crippen LogP contribution in [-0.4, -0.2) is 80.6 Å². The molecule has 1 fully saturated rings. The van der Waals surface area contributed by atoms with Gasteiger partial charge in [0, 0.05) is 6.54 Å². The number of nitrogens with one attached hydrogen (secondary N) is 2. The zero-order valence-corrected chi connectivity index (χ0v) is 19.6. The van der Waals surface area contributed by atoms with Gasteiger partial charge in [-0.3, -0.25) is 19.2 Å². The molecule has 0 radical (unpaired) electrons. The fourth-order valence-corrected chi connectivity index (χ4v) is 3.91. The molecule has 35 heavy (non-hydrogen) atoms. The number of carboxylic acid groups (broad SMARTS) is 2. The topological polar surface area (TPSA) is 199 Å². The molecular weight excluding hydrogens is 460 g/mol. The number of carbonyl (C=O) groups excluding carboxylic acids is 3. The highest BCUT2D eigenvalue weighted by atomic mass is 16.4. The number of benzene rings is 1. The number of likely N-dealkylation sites (tertiary alicyclic amines) is 1. The molecule has 4 atom stereocenters. The predicted molar refractivity (Wildman–Crippen MR) is 123 cm³/mol. The molecule has 2 rings (SSSR count). The van der Waals surface area contributed by atoms with Gasteiger partial charge in [0.2, 0.25) is 17.7 Å². The molecule has 0 aliphatic carbocycles. The number of hydrogen-bond donors (Lipinski definition) is 6. The Morgan fingerprint density at radius 2 is 1.71 bits per heavy atom. The molecule has 0 saturated carbocycles. The second-order valence-corrected chi connectivity index (χ2v) is 8.89. The number of nitrogens with two attached hydrogens (primary N) is 1. The number of phenolic OH excluding ortho intramolecular Hbond substituents is 1. The first-order valence-electron chi connectivity index (χ1n) is 11.3. The molecule has 0 aromatic heterocycles. The third-order valence-corrected chi connectivity index (χ3v) is 5.79. The van der Waals surface area contributed by atoms with Gasteiger partial charge < -0.3 is 36.6 Å². The molecule has 12 heteroatoms. The van der Waals surface area contributed by atoms with Gasteiger partial charge in [0.25, 0.3) is 0 Å². The number of amides is 3. The van der Waals surface area contributed by atoms with E-state index in [1.165, 1.54) is 17.0 Å². The van der Waals surface area contributed by atoms with Gasteiger partial charge in [-0.1, -0.05) is 26.0 Å². The zero-order valence-electron chi connectivity index (χ0n) is 19.6. The first-order chi connectivity index (χ1) is 16.4. The van der Waals surface area contributed by atoms with Crippen molar-refractivity contribution in [1.82, 2.24) is 15.5 Å². The lowest BCUT2D eigenvalue weighted by atomic mass is 10.0.